The van der Waals surface area contributed by atoms with Gasteiger partial charge >= 0.3 is 0 Å². The van der Waals surface area contributed by atoms with Crippen molar-refractivity contribution in [2.24, 2.45) is 0 Å². The highest BCUT2D eigenvalue weighted by molar-refractivity contribution is 5.98. The van der Waals surface area contributed by atoms with Crippen molar-refractivity contribution in [3.63, 3.8) is 0 Å². The first kappa shape index (κ1) is 26.5. The number of halogens is 2. The van der Waals surface area contributed by atoms with Gasteiger partial charge in [0.15, 0.2) is 0 Å². The van der Waals surface area contributed by atoms with Crippen molar-refractivity contribution in [2.75, 3.05) is 24.3 Å². The largest absolute Gasteiger partial charge is 0.378 e. The molecule has 1 N–H and O–H groups in total. The predicted octanol–water partition coefficient (Wildman–Crippen LogP) is 5.98. The molecule has 0 aliphatic carbocycles. The fourth-order valence-corrected chi connectivity index (χ4v) is 4.15. The van der Waals surface area contributed by atoms with E-state index >= 15 is 0 Å². The molecule has 0 aliphatic heterocycles. The number of carbonyl (C=O) groups is 2. The molecule has 0 fully saturated rings. The first-order valence-electron chi connectivity index (χ1n) is 12.2. The smallest absolute Gasteiger partial charge is 0.251 e. The minimum absolute atomic E-state index is 0.0565. The van der Waals surface area contributed by atoms with Crippen LogP contribution in [-0.2, 0) is 22.6 Å². The second kappa shape index (κ2) is 12.1. The highest BCUT2D eigenvalue weighted by atomic mass is 19.1. The number of nitrogens with zero attached hydrogens (tertiary/aromatic N) is 2. The van der Waals surface area contributed by atoms with Crippen molar-refractivity contribution >= 4 is 23.2 Å². The Labute approximate surface area is 221 Å². The summed E-state index contributed by atoms with van der Waals surface area (Å²) in [5.41, 5.74) is 3.43. The van der Waals surface area contributed by atoms with Crippen LogP contribution < -0.4 is 10.2 Å². The summed E-state index contributed by atoms with van der Waals surface area (Å²) in [6.07, 6.45) is 0.0601. The number of hydrogen-bond donors (Lipinski definition) is 1. The lowest BCUT2D eigenvalue weighted by Gasteiger charge is -2.32. The Morgan fingerprint density at radius 3 is 1.89 bits per heavy atom. The third kappa shape index (κ3) is 6.82. The van der Waals surface area contributed by atoms with Gasteiger partial charge in [-0.05, 0) is 65.2 Å². The highest BCUT2D eigenvalue weighted by Crippen LogP contribution is 2.27. The fraction of sp³-hybridized carbons (Fsp3) is 0.161. The molecule has 0 bridgehead atoms. The van der Waals surface area contributed by atoms with Gasteiger partial charge in [-0.2, -0.15) is 0 Å². The van der Waals surface area contributed by atoms with E-state index in [1.54, 1.807) is 24.3 Å². The van der Waals surface area contributed by atoms with E-state index in [0.717, 1.165) is 11.3 Å². The van der Waals surface area contributed by atoms with E-state index in [-0.39, 0.29) is 18.9 Å². The Hall–Kier alpha value is -4.52. The lowest BCUT2D eigenvalue weighted by molar-refractivity contribution is -0.139. The monoisotopic (exact) mass is 513 g/mol. The van der Waals surface area contributed by atoms with E-state index in [1.807, 2.05) is 61.5 Å². The molecule has 38 heavy (non-hydrogen) atoms. The lowest BCUT2D eigenvalue weighted by Crippen LogP contribution is -2.41. The second-order valence-electron chi connectivity index (χ2n) is 9.20. The molecule has 4 aromatic rings. The number of amides is 2. The van der Waals surface area contributed by atoms with Crippen LogP contribution in [-0.4, -0.2) is 30.8 Å². The Bertz CT molecular complexity index is 1360. The zero-order chi connectivity index (χ0) is 27.1. The van der Waals surface area contributed by atoms with E-state index in [0.29, 0.717) is 16.8 Å². The zero-order valence-electron chi connectivity index (χ0n) is 21.3. The van der Waals surface area contributed by atoms with Crippen molar-refractivity contribution in [1.29, 1.82) is 0 Å². The summed E-state index contributed by atoms with van der Waals surface area (Å²) >= 11 is 0. The number of rotatable bonds is 9. The first-order chi connectivity index (χ1) is 18.3. The van der Waals surface area contributed by atoms with E-state index in [2.05, 4.69) is 5.32 Å². The second-order valence-corrected chi connectivity index (χ2v) is 9.20. The van der Waals surface area contributed by atoms with Gasteiger partial charge in [-0.3, -0.25) is 9.59 Å². The predicted molar refractivity (Wildman–Crippen MR) is 146 cm³/mol. The van der Waals surface area contributed by atoms with Crippen LogP contribution in [0.4, 0.5) is 20.2 Å². The van der Waals surface area contributed by atoms with Gasteiger partial charge in [0.2, 0.25) is 5.91 Å². The minimum atomic E-state index is -1.06. The first-order valence-corrected chi connectivity index (χ1v) is 12.2. The maximum Gasteiger partial charge on any atom is 0.251 e. The molecule has 194 valence electrons. The van der Waals surface area contributed by atoms with Gasteiger partial charge in [0, 0.05) is 32.0 Å². The van der Waals surface area contributed by atoms with Gasteiger partial charge in [0.1, 0.15) is 17.7 Å². The van der Waals surface area contributed by atoms with E-state index in [1.165, 1.54) is 41.3 Å². The number of hydrogen-bond acceptors (Lipinski definition) is 3. The Balaban J connectivity index is 1.71. The molecule has 4 rings (SSSR count). The topological polar surface area (TPSA) is 52.7 Å². The summed E-state index contributed by atoms with van der Waals surface area (Å²) in [6, 6.07) is 26.8. The normalized spacial score (nSPS) is 11.5. The van der Waals surface area contributed by atoms with Crippen LogP contribution in [0.2, 0.25) is 0 Å². The van der Waals surface area contributed by atoms with Gasteiger partial charge in [0.05, 0.1) is 6.42 Å². The number of carbonyl (C=O) groups excluding carboxylic acids is 2. The number of nitrogens with one attached hydrogen (secondary N) is 1. The van der Waals surface area contributed by atoms with Crippen LogP contribution in [0.3, 0.4) is 0 Å². The Kier molecular flexibility index (Phi) is 8.48. The summed E-state index contributed by atoms with van der Waals surface area (Å²) in [6.45, 7) is 0.0565. The molecule has 4 aromatic carbocycles. The van der Waals surface area contributed by atoms with Crippen LogP contribution in [0.5, 0.6) is 0 Å². The maximum absolute atomic E-state index is 13.8. The summed E-state index contributed by atoms with van der Waals surface area (Å²) in [5, 5.41) is 2.91. The van der Waals surface area contributed by atoms with Gasteiger partial charge < -0.3 is 15.1 Å². The Morgan fingerprint density at radius 1 is 0.737 bits per heavy atom. The standard InChI is InChI=1S/C31H29F2N3O2/c1-35(2)28-18-16-27(17-19-28)34-31(38)30(24-10-14-26(33)15-11-24)36(21-23-8-12-25(32)13-9-23)29(37)20-22-6-4-3-5-7-22/h3-19,30H,20-21H2,1-2H3,(H,34,38)/t30-/m0/s1. The molecule has 0 spiro atoms. The van der Waals surface area contributed by atoms with E-state index < -0.39 is 23.6 Å². The molecule has 0 heterocycles. The van der Waals surface area contributed by atoms with Crippen molar-refractivity contribution in [2.45, 2.75) is 19.0 Å². The van der Waals surface area contributed by atoms with Crippen LogP contribution in [0.25, 0.3) is 0 Å². The molecular weight excluding hydrogens is 484 g/mol. The summed E-state index contributed by atoms with van der Waals surface area (Å²) < 4.78 is 27.4. The van der Waals surface area contributed by atoms with Crippen molar-refractivity contribution in [3.8, 4) is 0 Å². The average Bonchev–Trinajstić information content (AvgIpc) is 2.91. The summed E-state index contributed by atoms with van der Waals surface area (Å²) in [5.74, 6) is -1.59. The molecule has 0 unspecified atom stereocenters. The molecule has 1 atom stereocenters. The van der Waals surface area contributed by atoms with Crippen LogP contribution in [0.1, 0.15) is 22.7 Å². The van der Waals surface area contributed by atoms with Gasteiger partial charge in [-0.1, -0.05) is 54.6 Å². The van der Waals surface area contributed by atoms with E-state index in [4.69, 9.17) is 0 Å². The fourth-order valence-electron chi connectivity index (χ4n) is 4.15. The molecule has 0 aliphatic rings. The third-order valence-corrected chi connectivity index (χ3v) is 6.18. The SMILES string of the molecule is CN(C)c1ccc(NC(=O)[C@H](c2ccc(F)cc2)N(Cc2ccc(F)cc2)C(=O)Cc2ccccc2)cc1. The molecule has 2 amide bonds. The average molecular weight is 514 g/mol. The van der Waals surface area contributed by atoms with Crippen molar-refractivity contribution < 1.29 is 18.4 Å². The van der Waals surface area contributed by atoms with Gasteiger partial charge in [-0.25, -0.2) is 8.78 Å². The number of anilines is 2. The van der Waals surface area contributed by atoms with Crippen molar-refractivity contribution in [3.05, 3.63) is 131 Å². The molecular formula is C31H29F2N3O2. The van der Waals surface area contributed by atoms with E-state index in [9.17, 15) is 18.4 Å². The van der Waals surface area contributed by atoms with Gasteiger partial charge in [0.25, 0.3) is 5.91 Å². The summed E-state index contributed by atoms with van der Waals surface area (Å²) in [4.78, 5) is 30.9. The van der Waals surface area contributed by atoms with Gasteiger partial charge in [-0.15, -0.1) is 0 Å². The quantitative estimate of drug-likeness (QED) is 0.300. The molecule has 0 radical (unpaired) electrons. The molecule has 5 nitrogen and oxygen atoms in total. The number of benzene rings is 4. The zero-order valence-corrected chi connectivity index (χ0v) is 21.3. The van der Waals surface area contributed by atoms with Crippen molar-refractivity contribution in [1.82, 2.24) is 4.90 Å². The van der Waals surface area contributed by atoms with Crippen LogP contribution >= 0.6 is 0 Å². The minimum Gasteiger partial charge on any atom is -0.378 e. The molecule has 7 heteroatoms. The maximum atomic E-state index is 13.8. The van der Waals surface area contributed by atoms with Crippen LogP contribution in [0.15, 0.2) is 103 Å². The third-order valence-electron chi connectivity index (χ3n) is 6.18. The Morgan fingerprint density at radius 2 is 1.32 bits per heavy atom. The molecule has 0 saturated heterocycles. The lowest BCUT2D eigenvalue weighted by atomic mass is 10.0. The molecule has 0 saturated carbocycles. The highest BCUT2D eigenvalue weighted by Gasteiger charge is 2.32. The van der Waals surface area contributed by atoms with Crippen LogP contribution in [0, 0.1) is 11.6 Å². The summed E-state index contributed by atoms with van der Waals surface area (Å²) in [7, 11) is 3.84. The molecule has 0 aromatic heterocycles.